The summed E-state index contributed by atoms with van der Waals surface area (Å²) < 4.78 is 5.22. The van der Waals surface area contributed by atoms with Gasteiger partial charge in [-0.3, -0.25) is 0 Å². The zero-order valence-corrected chi connectivity index (χ0v) is 11.9. The third-order valence-electron chi connectivity index (χ3n) is 3.34. The summed E-state index contributed by atoms with van der Waals surface area (Å²) in [5.41, 5.74) is 2.05. The van der Waals surface area contributed by atoms with Crippen molar-refractivity contribution in [3.05, 3.63) is 59.9 Å². The van der Waals surface area contributed by atoms with E-state index >= 15 is 0 Å². The van der Waals surface area contributed by atoms with Crippen molar-refractivity contribution in [2.75, 3.05) is 7.11 Å². The second kappa shape index (κ2) is 5.62. The molecule has 2 N–H and O–H groups in total. The molecule has 0 aliphatic carbocycles. The lowest BCUT2D eigenvalue weighted by Gasteiger charge is -2.08. The van der Waals surface area contributed by atoms with Gasteiger partial charge in [0.1, 0.15) is 23.2 Å². The van der Waals surface area contributed by atoms with Gasteiger partial charge >= 0.3 is 0 Å². The highest BCUT2D eigenvalue weighted by Crippen LogP contribution is 2.29. The van der Waals surface area contributed by atoms with Gasteiger partial charge in [0.2, 0.25) is 0 Å². The lowest BCUT2D eigenvalue weighted by Crippen LogP contribution is -1.95. The molecule has 1 aromatic heterocycles. The van der Waals surface area contributed by atoms with Crippen LogP contribution in [0.15, 0.2) is 48.5 Å². The quantitative estimate of drug-likeness (QED) is 0.571. The number of hydrogen-bond donors (Lipinski definition) is 2. The van der Waals surface area contributed by atoms with Crippen LogP contribution in [0.25, 0.3) is 22.4 Å². The summed E-state index contributed by atoms with van der Waals surface area (Å²) in [7, 11) is 1.51. The number of benzene rings is 2. The van der Waals surface area contributed by atoms with E-state index in [1.807, 2.05) is 30.3 Å². The van der Waals surface area contributed by atoms with Crippen LogP contribution in [0.1, 0.15) is 11.4 Å². The second-order valence-electron chi connectivity index (χ2n) is 4.64. The predicted octanol–water partition coefficient (Wildman–Crippen LogP) is 3.52. The number of imidazole rings is 1. The Kier molecular flexibility index (Phi) is 3.50. The number of aromatic nitrogens is 2. The van der Waals surface area contributed by atoms with Crippen LogP contribution in [-0.2, 0) is 0 Å². The summed E-state index contributed by atoms with van der Waals surface area (Å²) in [6, 6.07) is 16.4. The molecular weight excluding hydrogens is 278 g/mol. The number of para-hydroxylation sites is 3. The molecule has 0 bridgehead atoms. The molecule has 2 aromatic carbocycles. The van der Waals surface area contributed by atoms with Gasteiger partial charge in [-0.05, 0) is 24.3 Å². The maximum atomic E-state index is 10.5. The van der Waals surface area contributed by atoms with E-state index in [-0.39, 0.29) is 11.3 Å². The molecular formula is C17H13N3O2. The molecule has 0 saturated heterocycles. The first-order valence-corrected chi connectivity index (χ1v) is 6.66. The third-order valence-corrected chi connectivity index (χ3v) is 3.34. The Balaban J connectivity index is 2.18. The van der Waals surface area contributed by atoms with E-state index in [0.29, 0.717) is 17.1 Å². The number of ether oxygens (including phenoxy) is 1. The van der Waals surface area contributed by atoms with Crippen LogP contribution in [0.4, 0.5) is 0 Å². The van der Waals surface area contributed by atoms with Crippen molar-refractivity contribution in [3.63, 3.8) is 0 Å². The average molecular weight is 291 g/mol. The molecule has 5 nitrogen and oxygen atoms in total. The Labute approximate surface area is 127 Å². The smallest absolute Gasteiger partial charge is 0.153 e. The highest BCUT2D eigenvalue weighted by Gasteiger charge is 2.17. The minimum absolute atomic E-state index is 0.0701. The van der Waals surface area contributed by atoms with Crippen molar-refractivity contribution in [1.82, 2.24) is 9.97 Å². The van der Waals surface area contributed by atoms with Gasteiger partial charge in [-0.2, -0.15) is 5.26 Å². The van der Waals surface area contributed by atoms with E-state index < -0.39 is 0 Å². The molecule has 0 aliphatic heterocycles. The highest BCUT2D eigenvalue weighted by atomic mass is 16.5. The van der Waals surface area contributed by atoms with Gasteiger partial charge in [0.15, 0.2) is 5.82 Å². The number of aliphatic hydroxyl groups is 1. The molecule has 0 aliphatic rings. The Hall–Kier alpha value is -3.26. The maximum Gasteiger partial charge on any atom is 0.153 e. The Bertz CT molecular complexity index is 870. The average Bonchev–Trinajstić information content (AvgIpc) is 2.98. The zero-order valence-electron chi connectivity index (χ0n) is 11.9. The second-order valence-corrected chi connectivity index (χ2v) is 4.64. The Morgan fingerprint density at radius 2 is 1.91 bits per heavy atom. The maximum absolute atomic E-state index is 10.5. The summed E-state index contributed by atoms with van der Waals surface area (Å²) >= 11 is 0. The molecule has 5 heteroatoms. The fourth-order valence-electron chi connectivity index (χ4n) is 2.26. The number of H-pyrrole nitrogens is 1. The van der Waals surface area contributed by atoms with Crippen molar-refractivity contribution < 1.29 is 9.84 Å². The third kappa shape index (κ3) is 2.27. The molecule has 0 radical (unpaired) electrons. The summed E-state index contributed by atoms with van der Waals surface area (Å²) in [4.78, 5) is 7.39. The van der Waals surface area contributed by atoms with Gasteiger partial charge in [-0.25, -0.2) is 4.98 Å². The van der Waals surface area contributed by atoms with Crippen LogP contribution in [0.3, 0.4) is 0 Å². The number of fused-ring (bicyclic) bond motifs is 1. The number of allylic oxidation sites excluding steroid dienone is 1. The molecule has 0 spiro atoms. The van der Waals surface area contributed by atoms with Gasteiger partial charge in [-0.1, -0.05) is 24.3 Å². The lowest BCUT2D eigenvalue weighted by atomic mass is 10.1. The van der Waals surface area contributed by atoms with Gasteiger partial charge < -0.3 is 14.8 Å². The number of aromatic amines is 1. The molecule has 0 atom stereocenters. The minimum atomic E-state index is -0.168. The first-order valence-electron chi connectivity index (χ1n) is 6.66. The highest BCUT2D eigenvalue weighted by molar-refractivity contribution is 5.95. The summed E-state index contributed by atoms with van der Waals surface area (Å²) in [6.07, 6.45) is 0. The molecule has 0 amide bonds. The van der Waals surface area contributed by atoms with Crippen LogP contribution >= 0.6 is 0 Å². The molecule has 0 unspecified atom stereocenters. The van der Waals surface area contributed by atoms with E-state index in [1.54, 1.807) is 24.3 Å². The Morgan fingerprint density at radius 1 is 1.18 bits per heavy atom. The van der Waals surface area contributed by atoms with Crippen molar-refractivity contribution in [1.29, 1.82) is 5.26 Å². The van der Waals surface area contributed by atoms with E-state index in [1.165, 1.54) is 7.11 Å². The molecule has 22 heavy (non-hydrogen) atoms. The fraction of sp³-hybridized carbons (Fsp3) is 0.0588. The van der Waals surface area contributed by atoms with E-state index in [2.05, 4.69) is 9.97 Å². The normalized spacial score (nSPS) is 11.8. The number of methoxy groups -OCH3 is 1. The van der Waals surface area contributed by atoms with E-state index in [4.69, 9.17) is 4.74 Å². The number of nitrogens with one attached hydrogen (secondary N) is 1. The Morgan fingerprint density at radius 3 is 2.64 bits per heavy atom. The summed E-state index contributed by atoms with van der Waals surface area (Å²) in [6.45, 7) is 0. The number of aliphatic hydroxyl groups excluding tert-OH is 1. The van der Waals surface area contributed by atoms with Crippen LogP contribution in [0.5, 0.6) is 5.75 Å². The van der Waals surface area contributed by atoms with Crippen LogP contribution in [0, 0.1) is 11.3 Å². The van der Waals surface area contributed by atoms with Gasteiger partial charge in [0.05, 0.1) is 23.7 Å². The van der Waals surface area contributed by atoms with Crippen molar-refractivity contribution >= 4 is 22.4 Å². The van der Waals surface area contributed by atoms with E-state index in [9.17, 15) is 10.4 Å². The molecule has 3 rings (SSSR count). The molecule has 0 saturated carbocycles. The van der Waals surface area contributed by atoms with Gasteiger partial charge in [0, 0.05) is 0 Å². The molecule has 108 valence electrons. The minimum Gasteiger partial charge on any atom is -0.506 e. The topological polar surface area (TPSA) is 81.9 Å². The molecule has 1 heterocycles. The molecule has 0 fully saturated rings. The van der Waals surface area contributed by atoms with Crippen LogP contribution in [-0.4, -0.2) is 22.2 Å². The number of nitrogens with zero attached hydrogens (tertiary/aromatic N) is 2. The number of nitriles is 1. The fourth-order valence-corrected chi connectivity index (χ4v) is 2.26. The summed E-state index contributed by atoms with van der Waals surface area (Å²) in [5, 5.41) is 19.9. The summed E-state index contributed by atoms with van der Waals surface area (Å²) in [5.74, 6) is 0.648. The number of hydrogen-bond acceptors (Lipinski definition) is 4. The van der Waals surface area contributed by atoms with Crippen molar-refractivity contribution in [2.24, 2.45) is 0 Å². The first kappa shape index (κ1) is 13.7. The van der Waals surface area contributed by atoms with Gasteiger partial charge in [0.25, 0.3) is 0 Å². The van der Waals surface area contributed by atoms with Crippen molar-refractivity contribution in [2.45, 2.75) is 0 Å². The largest absolute Gasteiger partial charge is 0.506 e. The number of rotatable bonds is 3. The van der Waals surface area contributed by atoms with Crippen LogP contribution < -0.4 is 4.74 Å². The SMILES string of the molecule is COc1ccccc1/C(O)=C(\C#N)c1nc2ccccc2[nH]1. The predicted molar refractivity (Wildman–Crippen MR) is 84.1 cm³/mol. The van der Waals surface area contributed by atoms with E-state index in [0.717, 1.165) is 11.0 Å². The first-order chi connectivity index (χ1) is 10.7. The van der Waals surface area contributed by atoms with Gasteiger partial charge in [-0.15, -0.1) is 0 Å². The molecule has 3 aromatic rings. The monoisotopic (exact) mass is 291 g/mol. The van der Waals surface area contributed by atoms with Crippen molar-refractivity contribution in [3.8, 4) is 11.8 Å². The van der Waals surface area contributed by atoms with Crippen LogP contribution in [0.2, 0.25) is 0 Å². The zero-order chi connectivity index (χ0) is 15.5. The standard InChI is InChI=1S/C17H13N3O2/c1-22-15-9-5-2-6-11(15)16(21)12(10-18)17-19-13-7-3-4-8-14(13)20-17/h2-9,21H,1H3,(H,19,20)/b16-12-. The lowest BCUT2D eigenvalue weighted by molar-refractivity contribution is 0.408.